The Balaban J connectivity index is 1.51. The minimum Gasteiger partial charge on any atom is -0.381 e. The van der Waals surface area contributed by atoms with E-state index in [9.17, 15) is 4.79 Å². The number of aromatic nitrogens is 3. The second kappa shape index (κ2) is 6.96. The van der Waals surface area contributed by atoms with Gasteiger partial charge in [-0.25, -0.2) is 0 Å². The fraction of sp³-hybridized carbons (Fsp3) is 0.526. The van der Waals surface area contributed by atoms with Gasteiger partial charge in [-0.15, -0.1) is 0 Å². The van der Waals surface area contributed by atoms with Crippen molar-refractivity contribution in [3.8, 4) is 0 Å². The molecule has 0 radical (unpaired) electrons. The third-order valence-corrected chi connectivity index (χ3v) is 5.55. The summed E-state index contributed by atoms with van der Waals surface area (Å²) in [6, 6.07) is 5.86. The molecule has 25 heavy (non-hydrogen) atoms. The third kappa shape index (κ3) is 3.18. The Morgan fingerprint density at radius 1 is 1.32 bits per heavy atom. The summed E-state index contributed by atoms with van der Waals surface area (Å²) >= 11 is 0. The monoisotopic (exact) mass is 340 g/mol. The molecule has 2 aromatic rings. The molecule has 2 aromatic heterocycles. The molecule has 132 valence electrons. The lowest BCUT2D eigenvalue weighted by Crippen LogP contribution is -2.38. The lowest BCUT2D eigenvalue weighted by atomic mass is 9.79. The number of aromatic amines is 1. The standard InChI is InChI=1S/C19H24N4O2/c24-18(19(7-1-2-8-19)15-6-3-9-20-12-15)21-17-11-16(22-23-17)14-5-4-10-25-13-14/h3,6,9,11-12,14H,1-2,4-5,7-8,10,13H2,(H2,21,22,23,24)/t14-/m0/s1. The first-order valence-electron chi connectivity index (χ1n) is 9.13. The maximum Gasteiger partial charge on any atom is 0.236 e. The first kappa shape index (κ1) is 16.3. The molecule has 1 saturated heterocycles. The quantitative estimate of drug-likeness (QED) is 0.896. The number of nitrogens with one attached hydrogen (secondary N) is 2. The molecule has 0 unspecified atom stereocenters. The van der Waals surface area contributed by atoms with Gasteiger partial charge in [-0.1, -0.05) is 18.9 Å². The summed E-state index contributed by atoms with van der Waals surface area (Å²) < 4.78 is 5.54. The minimum atomic E-state index is -0.485. The number of hydrogen-bond acceptors (Lipinski definition) is 4. The number of rotatable bonds is 4. The summed E-state index contributed by atoms with van der Waals surface area (Å²) in [5, 5.41) is 10.4. The van der Waals surface area contributed by atoms with E-state index < -0.39 is 5.41 Å². The Hall–Kier alpha value is -2.21. The summed E-state index contributed by atoms with van der Waals surface area (Å²) in [6.45, 7) is 1.55. The predicted octanol–water partition coefficient (Wildman–Crippen LogP) is 3.15. The number of anilines is 1. The van der Waals surface area contributed by atoms with Crippen LogP contribution in [-0.4, -0.2) is 34.3 Å². The van der Waals surface area contributed by atoms with Crippen LogP contribution < -0.4 is 5.32 Å². The molecule has 6 nitrogen and oxygen atoms in total. The topological polar surface area (TPSA) is 79.9 Å². The number of nitrogens with zero attached hydrogens (tertiary/aromatic N) is 2. The van der Waals surface area contributed by atoms with Crippen LogP contribution in [0.5, 0.6) is 0 Å². The largest absolute Gasteiger partial charge is 0.381 e. The van der Waals surface area contributed by atoms with Gasteiger partial charge in [0.25, 0.3) is 0 Å². The smallest absolute Gasteiger partial charge is 0.236 e. The molecule has 0 spiro atoms. The van der Waals surface area contributed by atoms with E-state index >= 15 is 0 Å². The highest BCUT2D eigenvalue weighted by atomic mass is 16.5. The lowest BCUT2D eigenvalue weighted by Gasteiger charge is -2.27. The number of hydrogen-bond donors (Lipinski definition) is 2. The zero-order valence-corrected chi connectivity index (χ0v) is 14.3. The summed E-state index contributed by atoms with van der Waals surface area (Å²) in [5.74, 6) is 0.961. The Morgan fingerprint density at radius 2 is 2.20 bits per heavy atom. The summed E-state index contributed by atoms with van der Waals surface area (Å²) in [7, 11) is 0. The summed E-state index contributed by atoms with van der Waals surface area (Å²) in [6.07, 6.45) is 9.57. The highest BCUT2D eigenvalue weighted by Crippen LogP contribution is 2.41. The lowest BCUT2D eigenvalue weighted by molar-refractivity contribution is -0.121. The van der Waals surface area contributed by atoms with Crippen LogP contribution in [0.15, 0.2) is 30.6 Å². The number of carbonyl (C=O) groups excluding carboxylic acids is 1. The molecular formula is C19H24N4O2. The number of H-pyrrole nitrogens is 1. The van der Waals surface area contributed by atoms with Gasteiger partial charge in [0.2, 0.25) is 5.91 Å². The first-order valence-corrected chi connectivity index (χ1v) is 9.13. The van der Waals surface area contributed by atoms with Crippen molar-refractivity contribution in [2.45, 2.75) is 49.9 Å². The Labute approximate surface area is 147 Å². The minimum absolute atomic E-state index is 0.0240. The van der Waals surface area contributed by atoms with E-state index in [1.54, 1.807) is 6.20 Å². The van der Waals surface area contributed by atoms with E-state index in [4.69, 9.17) is 4.74 Å². The molecule has 2 N–H and O–H groups in total. The van der Waals surface area contributed by atoms with Crippen molar-refractivity contribution in [2.24, 2.45) is 0 Å². The van der Waals surface area contributed by atoms with Crippen molar-refractivity contribution in [3.05, 3.63) is 41.9 Å². The van der Waals surface area contributed by atoms with Gasteiger partial charge in [0.05, 0.1) is 12.0 Å². The molecule has 1 amide bonds. The molecule has 4 rings (SSSR count). The second-order valence-corrected chi connectivity index (χ2v) is 7.11. The van der Waals surface area contributed by atoms with Gasteiger partial charge in [-0.05, 0) is 37.3 Å². The molecule has 6 heteroatoms. The maximum absolute atomic E-state index is 13.1. The van der Waals surface area contributed by atoms with E-state index in [1.165, 1.54) is 0 Å². The number of amides is 1. The van der Waals surface area contributed by atoms with Crippen LogP contribution in [0.1, 0.15) is 55.7 Å². The molecule has 1 atom stereocenters. The van der Waals surface area contributed by atoms with Crippen molar-refractivity contribution < 1.29 is 9.53 Å². The van der Waals surface area contributed by atoms with Crippen LogP contribution in [0, 0.1) is 0 Å². The fourth-order valence-electron chi connectivity index (χ4n) is 4.10. The van der Waals surface area contributed by atoms with Crippen molar-refractivity contribution in [3.63, 3.8) is 0 Å². The summed E-state index contributed by atoms with van der Waals surface area (Å²) in [5.41, 5.74) is 1.56. The van der Waals surface area contributed by atoms with E-state index in [0.29, 0.717) is 11.7 Å². The van der Waals surface area contributed by atoms with Crippen LogP contribution >= 0.6 is 0 Å². The van der Waals surface area contributed by atoms with Crippen molar-refractivity contribution in [2.75, 3.05) is 18.5 Å². The van der Waals surface area contributed by atoms with Gasteiger partial charge in [0, 0.05) is 36.7 Å². The van der Waals surface area contributed by atoms with Crippen LogP contribution in [0.2, 0.25) is 0 Å². The second-order valence-electron chi connectivity index (χ2n) is 7.11. The highest BCUT2D eigenvalue weighted by molar-refractivity contribution is 5.98. The average Bonchev–Trinajstić information content (AvgIpc) is 3.34. The van der Waals surface area contributed by atoms with Gasteiger partial charge in [-0.3, -0.25) is 14.9 Å². The van der Waals surface area contributed by atoms with E-state index in [-0.39, 0.29) is 5.91 Å². The van der Waals surface area contributed by atoms with Crippen molar-refractivity contribution >= 4 is 11.7 Å². The Bertz CT molecular complexity index is 716. The van der Waals surface area contributed by atoms with Gasteiger partial charge in [0.1, 0.15) is 0 Å². The highest BCUT2D eigenvalue weighted by Gasteiger charge is 2.43. The zero-order valence-electron chi connectivity index (χ0n) is 14.3. The van der Waals surface area contributed by atoms with Gasteiger partial charge in [0.15, 0.2) is 5.82 Å². The SMILES string of the molecule is O=C(Nc1cc([C@H]2CCCOC2)[nH]n1)C1(c2cccnc2)CCCC1. The first-order chi connectivity index (χ1) is 12.3. The van der Waals surface area contributed by atoms with Gasteiger partial charge in [-0.2, -0.15) is 5.10 Å². The van der Waals surface area contributed by atoms with Crippen LogP contribution in [0.3, 0.4) is 0 Å². The predicted molar refractivity (Wildman–Crippen MR) is 94.4 cm³/mol. The molecule has 2 fully saturated rings. The Morgan fingerprint density at radius 3 is 2.92 bits per heavy atom. The molecular weight excluding hydrogens is 316 g/mol. The van der Waals surface area contributed by atoms with Crippen LogP contribution in [-0.2, 0) is 14.9 Å². The number of carbonyl (C=O) groups is 1. The average molecular weight is 340 g/mol. The Kier molecular flexibility index (Phi) is 4.53. The molecule has 0 bridgehead atoms. The van der Waals surface area contributed by atoms with E-state index in [1.807, 2.05) is 24.4 Å². The van der Waals surface area contributed by atoms with Gasteiger partial charge < -0.3 is 10.1 Å². The third-order valence-electron chi connectivity index (χ3n) is 5.55. The van der Waals surface area contributed by atoms with Crippen molar-refractivity contribution in [1.29, 1.82) is 0 Å². The zero-order chi connectivity index (χ0) is 17.1. The molecule has 1 aliphatic carbocycles. The number of ether oxygens (including phenoxy) is 1. The van der Waals surface area contributed by atoms with E-state index in [0.717, 1.165) is 63.0 Å². The van der Waals surface area contributed by atoms with E-state index in [2.05, 4.69) is 20.5 Å². The molecule has 3 heterocycles. The maximum atomic E-state index is 13.1. The normalized spacial score (nSPS) is 22.6. The molecule has 1 aliphatic heterocycles. The fourth-order valence-corrected chi connectivity index (χ4v) is 4.10. The molecule has 2 aliphatic rings. The molecule has 1 saturated carbocycles. The molecule has 0 aromatic carbocycles. The number of pyridine rings is 1. The van der Waals surface area contributed by atoms with Crippen molar-refractivity contribution in [1.82, 2.24) is 15.2 Å². The van der Waals surface area contributed by atoms with Gasteiger partial charge >= 0.3 is 0 Å². The van der Waals surface area contributed by atoms with Crippen LogP contribution in [0.25, 0.3) is 0 Å². The van der Waals surface area contributed by atoms with Crippen LogP contribution in [0.4, 0.5) is 5.82 Å². The summed E-state index contributed by atoms with van der Waals surface area (Å²) in [4.78, 5) is 17.3.